The Labute approximate surface area is 232 Å². The maximum Gasteiger partial charge on any atom is 0.265 e. The molecule has 0 aliphatic heterocycles. The second-order valence-corrected chi connectivity index (χ2v) is 11.2. The summed E-state index contributed by atoms with van der Waals surface area (Å²) in [5.74, 6) is 0.0249. The second kappa shape index (κ2) is 12.4. The van der Waals surface area contributed by atoms with Crippen molar-refractivity contribution >= 4 is 23.2 Å². The molecule has 3 aromatic rings. The molecule has 3 rings (SSSR count). The summed E-state index contributed by atoms with van der Waals surface area (Å²) in [5, 5.41) is 15.6. The molecule has 1 atom stereocenters. The monoisotopic (exact) mass is 530 g/mol. The van der Waals surface area contributed by atoms with E-state index in [0.717, 1.165) is 24.2 Å². The van der Waals surface area contributed by atoms with Crippen molar-refractivity contribution in [2.24, 2.45) is 0 Å². The third-order valence-corrected chi connectivity index (χ3v) is 7.73. The van der Waals surface area contributed by atoms with Crippen molar-refractivity contribution < 1.29 is 19.4 Å². The normalized spacial score (nSPS) is 12.5. The van der Waals surface area contributed by atoms with Crippen LogP contribution in [0.1, 0.15) is 89.2 Å². The molecule has 0 spiro atoms. The van der Waals surface area contributed by atoms with Gasteiger partial charge in [0, 0.05) is 16.8 Å². The maximum absolute atomic E-state index is 13.3. The van der Waals surface area contributed by atoms with Gasteiger partial charge in [0.25, 0.3) is 11.8 Å². The fourth-order valence-electron chi connectivity index (χ4n) is 4.19. The van der Waals surface area contributed by atoms with Gasteiger partial charge in [0.2, 0.25) is 0 Å². The van der Waals surface area contributed by atoms with E-state index in [-0.39, 0.29) is 22.5 Å². The van der Waals surface area contributed by atoms with E-state index in [1.165, 1.54) is 11.6 Å². The average Bonchev–Trinajstić information content (AvgIpc) is 2.92. The van der Waals surface area contributed by atoms with Gasteiger partial charge in [-0.15, -0.1) is 0 Å². The molecule has 3 N–H and O–H groups in total. The number of anilines is 2. The predicted octanol–water partition coefficient (Wildman–Crippen LogP) is 7.82. The van der Waals surface area contributed by atoms with Gasteiger partial charge in [-0.25, -0.2) is 0 Å². The number of nitrogens with one attached hydrogen (secondary N) is 2. The number of hydrogen-bond acceptors (Lipinski definition) is 4. The zero-order valence-corrected chi connectivity index (χ0v) is 24.2. The molecule has 6 nitrogen and oxygen atoms in total. The minimum Gasteiger partial charge on any atom is -0.506 e. The number of aromatic hydroxyl groups is 1. The van der Waals surface area contributed by atoms with Crippen LogP contribution in [0.5, 0.6) is 11.5 Å². The molecule has 0 fully saturated rings. The lowest BCUT2D eigenvalue weighted by Gasteiger charge is -2.31. The topological polar surface area (TPSA) is 87.7 Å². The molecule has 0 aliphatic rings. The molecule has 0 heterocycles. The minimum absolute atomic E-state index is 0.0184. The molecule has 2 amide bonds. The molecule has 0 aromatic heterocycles. The number of phenols is 1. The van der Waals surface area contributed by atoms with Crippen molar-refractivity contribution in [1.29, 1.82) is 0 Å². The van der Waals surface area contributed by atoms with Gasteiger partial charge in [0.05, 0.1) is 5.69 Å². The van der Waals surface area contributed by atoms with E-state index in [2.05, 4.69) is 64.3 Å². The van der Waals surface area contributed by atoms with Crippen molar-refractivity contribution in [2.45, 2.75) is 84.7 Å². The number of benzene rings is 3. The van der Waals surface area contributed by atoms with E-state index in [4.69, 9.17) is 4.74 Å². The Balaban J connectivity index is 1.80. The quantitative estimate of drug-likeness (QED) is 0.221. The smallest absolute Gasteiger partial charge is 0.265 e. The zero-order valence-electron chi connectivity index (χ0n) is 24.2. The van der Waals surface area contributed by atoms with Crippen LogP contribution in [-0.2, 0) is 15.6 Å². The summed E-state index contributed by atoms with van der Waals surface area (Å²) in [5.41, 5.74) is 3.42. The van der Waals surface area contributed by atoms with E-state index in [1.54, 1.807) is 42.5 Å². The number of rotatable bonds is 11. The lowest BCUT2D eigenvalue weighted by atomic mass is 9.76. The SMILES string of the molecule is CCC(Oc1ccc(C(C)(C)CC)cc1C(C)(C)CC)C(=O)Nc1cccc(C(=O)Nc2ccccc2O)c1. The third kappa shape index (κ3) is 7.20. The highest BCUT2D eigenvalue weighted by atomic mass is 16.5. The van der Waals surface area contributed by atoms with Crippen LogP contribution in [0.25, 0.3) is 0 Å². The molecule has 0 radical (unpaired) electrons. The fraction of sp³-hybridized carbons (Fsp3) is 0.394. The van der Waals surface area contributed by atoms with E-state index in [0.29, 0.717) is 23.4 Å². The van der Waals surface area contributed by atoms with Gasteiger partial charge < -0.3 is 20.5 Å². The summed E-state index contributed by atoms with van der Waals surface area (Å²) in [6.45, 7) is 15.1. The predicted molar refractivity (Wildman–Crippen MR) is 159 cm³/mol. The van der Waals surface area contributed by atoms with E-state index in [1.807, 2.05) is 13.0 Å². The van der Waals surface area contributed by atoms with Crippen molar-refractivity contribution in [2.75, 3.05) is 10.6 Å². The number of hydrogen-bond donors (Lipinski definition) is 3. The molecular weight excluding hydrogens is 488 g/mol. The van der Waals surface area contributed by atoms with Crippen LogP contribution < -0.4 is 15.4 Å². The number of amides is 2. The van der Waals surface area contributed by atoms with Gasteiger partial charge >= 0.3 is 0 Å². The van der Waals surface area contributed by atoms with E-state index in [9.17, 15) is 14.7 Å². The van der Waals surface area contributed by atoms with Crippen LogP contribution in [-0.4, -0.2) is 23.0 Å². The first-order valence-electron chi connectivity index (χ1n) is 13.7. The maximum atomic E-state index is 13.3. The van der Waals surface area contributed by atoms with Crippen molar-refractivity contribution in [3.8, 4) is 11.5 Å². The second-order valence-electron chi connectivity index (χ2n) is 11.2. The van der Waals surface area contributed by atoms with Gasteiger partial charge in [-0.1, -0.05) is 78.8 Å². The summed E-state index contributed by atoms with van der Waals surface area (Å²) in [7, 11) is 0. The molecule has 208 valence electrons. The number of phenolic OH excluding ortho intramolecular Hbond substituents is 1. The summed E-state index contributed by atoms with van der Waals surface area (Å²) >= 11 is 0. The highest BCUT2D eigenvalue weighted by Crippen LogP contribution is 2.39. The highest BCUT2D eigenvalue weighted by molar-refractivity contribution is 6.06. The summed E-state index contributed by atoms with van der Waals surface area (Å²) in [4.78, 5) is 26.1. The first-order chi connectivity index (χ1) is 18.4. The summed E-state index contributed by atoms with van der Waals surface area (Å²) < 4.78 is 6.37. The van der Waals surface area contributed by atoms with E-state index >= 15 is 0 Å². The molecule has 0 saturated carbocycles. The molecule has 6 heteroatoms. The summed E-state index contributed by atoms with van der Waals surface area (Å²) in [6.07, 6.45) is 1.72. The first kappa shape index (κ1) is 29.8. The number of para-hydroxylation sites is 2. The Morgan fingerprint density at radius 1 is 0.846 bits per heavy atom. The highest BCUT2D eigenvalue weighted by Gasteiger charge is 2.29. The molecule has 3 aromatic carbocycles. The van der Waals surface area contributed by atoms with Gasteiger partial charge in [-0.05, 0) is 72.1 Å². The standard InChI is InChI=1S/C33H42N2O4/c1-8-28(39-29-19-18-23(32(4,5)9-2)21-25(29)33(6,7)10-3)31(38)34-24-15-13-14-22(20-24)30(37)35-26-16-11-12-17-27(26)36/h11-21,28,36H,8-10H2,1-7H3,(H,34,38)(H,35,37). The Kier molecular flexibility index (Phi) is 9.44. The van der Waals surface area contributed by atoms with Crippen LogP contribution in [0.4, 0.5) is 11.4 Å². The van der Waals surface area contributed by atoms with Crippen LogP contribution in [0.2, 0.25) is 0 Å². The lowest BCUT2D eigenvalue weighted by Crippen LogP contribution is -2.33. The van der Waals surface area contributed by atoms with Gasteiger partial charge in [-0.3, -0.25) is 9.59 Å². The number of carbonyl (C=O) groups excluding carboxylic acids is 2. The molecule has 1 unspecified atom stereocenters. The van der Waals surface area contributed by atoms with Gasteiger partial charge in [0.1, 0.15) is 11.5 Å². The van der Waals surface area contributed by atoms with Crippen molar-refractivity contribution in [1.82, 2.24) is 0 Å². The molecular formula is C33H42N2O4. The number of carbonyl (C=O) groups is 2. The summed E-state index contributed by atoms with van der Waals surface area (Å²) in [6, 6.07) is 19.5. The van der Waals surface area contributed by atoms with E-state index < -0.39 is 12.0 Å². The Morgan fingerprint density at radius 3 is 2.18 bits per heavy atom. The average molecular weight is 531 g/mol. The Bertz CT molecular complexity index is 1310. The lowest BCUT2D eigenvalue weighted by molar-refractivity contribution is -0.122. The third-order valence-electron chi connectivity index (χ3n) is 7.73. The Hall–Kier alpha value is -3.80. The van der Waals surface area contributed by atoms with Crippen LogP contribution >= 0.6 is 0 Å². The van der Waals surface area contributed by atoms with Crippen molar-refractivity contribution in [3.05, 3.63) is 83.4 Å². The fourth-order valence-corrected chi connectivity index (χ4v) is 4.19. The molecule has 0 bridgehead atoms. The van der Waals surface area contributed by atoms with Crippen LogP contribution in [0.3, 0.4) is 0 Å². The first-order valence-corrected chi connectivity index (χ1v) is 13.7. The molecule has 0 aliphatic carbocycles. The molecule has 39 heavy (non-hydrogen) atoms. The van der Waals surface area contributed by atoms with Crippen molar-refractivity contribution in [3.63, 3.8) is 0 Å². The molecule has 0 saturated heterocycles. The minimum atomic E-state index is -0.708. The Morgan fingerprint density at radius 2 is 1.54 bits per heavy atom. The largest absolute Gasteiger partial charge is 0.506 e. The van der Waals surface area contributed by atoms with Gasteiger partial charge in [-0.2, -0.15) is 0 Å². The van der Waals surface area contributed by atoms with Crippen LogP contribution in [0, 0.1) is 0 Å². The van der Waals surface area contributed by atoms with Gasteiger partial charge in [0.15, 0.2) is 6.10 Å². The number of ether oxygens (including phenoxy) is 1. The zero-order chi connectivity index (χ0) is 28.8. The van der Waals surface area contributed by atoms with Crippen LogP contribution in [0.15, 0.2) is 66.7 Å².